The summed E-state index contributed by atoms with van der Waals surface area (Å²) in [5, 5.41) is 0. The van der Waals surface area contributed by atoms with Crippen LogP contribution in [0.5, 0.6) is 0 Å². The van der Waals surface area contributed by atoms with E-state index in [9.17, 15) is 13.2 Å². The third-order valence-electron chi connectivity index (χ3n) is 4.48. The molecule has 0 N–H and O–H groups in total. The van der Waals surface area contributed by atoms with Gasteiger partial charge >= 0.3 is 0 Å². The molecule has 5 nitrogen and oxygen atoms in total. The van der Waals surface area contributed by atoms with E-state index in [0.29, 0.717) is 37.3 Å². The number of carbonyl (C=O) groups excluding carboxylic acids is 1. The van der Waals surface area contributed by atoms with Crippen molar-refractivity contribution in [2.45, 2.75) is 26.3 Å². The maximum atomic E-state index is 13.0. The van der Waals surface area contributed by atoms with E-state index in [1.807, 2.05) is 42.2 Å². The lowest BCUT2D eigenvalue weighted by molar-refractivity contribution is 0.0743. The van der Waals surface area contributed by atoms with E-state index in [0.717, 1.165) is 12.0 Å². The van der Waals surface area contributed by atoms with Crippen molar-refractivity contribution in [3.05, 3.63) is 65.7 Å². The van der Waals surface area contributed by atoms with Gasteiger partial charge in [0.25, 0.3) is 5.91 Å². The Kier molecular flexibility index (Phi) is 5.61. The Morgan fingerprint density at radius 2 is 1.88 bits per heavy atom. The molecule has 0 aliphatic carbocycles. The molecular weight excluding hydrogens is 348 g/mol. The lowest BCUT2D eigenvalue weighted by Gasteiger charge is -2.23. The number of benzene rings is 2. The SMILES string of the molecule is CCCN(Cc1ccccc1)C(=O)c1cccc(N2CCCS2(=O)=O)c1. The molecule has 138 valence electrons. The van der Waals surface area contributed by atoms with Gasteiger partial charge in [-0.05, 0) is 36.6 Å². The predicted octanol–water partition coefficient (Wildman–Crippen LogP) is 3.28. The summed E-state index contributed by atoms with van der Waals surface area (Å²) in [7, 11) is -3.25. The van der Waals surface area contributed by atoms with E-state index < -0.39 is 10.0 Å². The van der Waals surface area contributed by atoms with Crippen molar-refractivity contribution in [2.75, 3.05) is 23.1 Å². The number of rotatable bonds is 6. The van der Waals surface area contributed by atoms with Gasteiger partial charge in [0.2, 0.25) is 10.0 Å². The minimum Gasteiger partial charge on any atom is -0.334 e. The second-order valence-electron chi connectivity index (χ2n) is 6.50. The Morgan fingerprint density at radius 1 is 1.12 bits per heavy atom. The molecule has 0 bridgehead atoms. The van der Waals surface area contributed by atoms with Gasteiger partial charge in [-0.2, -0.15) is 0 Å². The molecule has 2 aromatic carbocycles. The minimum atomic E-state index is -3.25. The van der Waals surface area contributed by atoms with Crippen LogP contribution in [0.2, 0.25) is 0 Å². The average molecular weight is 372 g/mol. The first-order chi connectivity index (χ1) is 12.5. The Balaban J connectivity index is 1.84. The van der Waals surface area contributed by atoms with Crippen molar-refractivity contribution in [3.8, 4) is 0 Å². The zero-order chi connectivity index (χ0) is 18.6. The first-order valence-electron chi connectivity index (χ1n) is 8.95. The van der Waals surface area contributed by atoms with Crippen molar-refractivity contribution >= 4 is 21.6 Å². The molecule has 1 heterocycles. The molecule has 1 amide bonds. The molecule has 2 aromatic rings. The maximum Gasteiger partial charge on any atom is 0.254 e. The average Bonchev–Trinajstić information content (AvgIpc) is 3.01. The predicted molar refractivity (Wildman–Crippen MR) is 104 cm³/mol. The topological polar surface area (TPSA) is 57.7 Å². The largest absolute Gasteiger partial charge is 0.334 e. The molecule has 26 heavy (non-hydrogen) atoms. The number of sulfonamides is 1. The van der Waals surface area contributed by atoms with Crippen LogP contribution in [0, 0.1) is 0 Å². The fourth-order valence-electron chi connectivity index (χ4n) is 3.23. The highest BCUT2D eigenvalue weighted by atomic mass is 32.2. The Morgan fingerprint density at radius 3 is 2.54 bits per heavy atom. The van der Waals surface area contributed by atoms with Gasteiger partial charge in [-0.25, -0.2) is 8.42 Å². The van der Waals surface area contributed by atoms with Crippen LogP contribution >= 0.6 is 0 Å². The molecule has 0 radical (unpaired) electrons. The van der Waals surface area contributed by atoms with Gasteiger partial charge in [0.1, 0.15) is 0 Å². The third-order valence-corrected chi connectivity index (χ3v) is 6.35. The van der Waals surface area contributed by atoms with Crippen LogP contribution in [-0.2, 0) is 16.6 Å². The Bertz CT molecular complexity index is 866. The first kappa shape index (κ1) is 18.5. The van der Waals surface area contributed by atoms with Gasteiger partial charge in [-0.3, -0.25) is 9.10 Å². The smallest absolute Gasteiger partial charge is 0.254 e. The summed E-state index contributed by atoms with van der Waals surface area (Å²) >= 11 is 0. The number of carbonyl (C=O) groups is 1. The second kappa shape index (κ2) is 7.91. The second-order valence-corrected chi connectivity index (χ2v) is 8.52. The van der Waals surface area contributed by atoms with Gasteiger partial charge in [0, 0.05) is 25.2 Å². The molecule has 1 aliphatic rings. The molecule has 3 rings (SSSR count). The molecule has 0 atom stereocenters. The fourth-order valence-corrected chi connectivity index (χ4v) is 4.79. The van der Waals surface area contributed by atoms with E-state index >= 15 is 0 Å². The van der Waals surface area contributed by atoms with Gasteiger partial charge in [0.05, 0.1) is 11.4 Å². The van der Waals surface area contributed by atoms with Crippen molar-refractivity contribution < 1.29 is 13.2 Å². The molecule has 0 aromatic heterocycles. The summed E-state index contributed by atoms with van der Waals surface area (Å²) < 4.78 is 25.7. The molecule has 0 unspecified atom stereocenters. The normalized spacial score (nSPS) is 15.8. The first-order valence-corrected chi connectivity index (χ1v) is 10.6. The van der Waals surface area contributed by atoms with Gasteiger partial charge in [0.15, 0.2) is 0 Å². The summed E-state index contributed by atoms with van der Waals surface area (Å²) in [6, 6.07) is 16.8. The number of nitrogens with zero attached hydrogens (tertiary/aromatic N) is 2. The van der Waals surface area contributed by atoms with E-state index in [1.54, 1.807) is 24.3 Å². The van der Waals surface area contributed by atoms with Gasteiger partial charge in [-0.1, -0.05) is 43.3 Å². The van der Waals surface area contributed by atoms with E-state index in [1.165, 1.54) is 4.31 Å². The summed E-state index contributed by atoms with van der Waals surface area (Å²) in [5.74, 6) is 0.0929. The van der Waals surface area contributed by atoms with Crippen LogP contribution in [0.3, 0.4) is 0 Å². The zero-order valence-corrected chi connectivity index (χ0v) is 15.8. The number of hydrogen-bond donors (Lipinski definition) is 0. The monoisotopic (exact) mass is 372 g/mol. The van der Waals surface area contributed by atoms with Crippen LogP contribution in [0.15, 0.2) is 54.6 Å². The summed E-state index contributed by atoms with van der Waals surface area (Å²) in [6.45, 7) is 3.71. The van der Waals surface area contributed by atoms with Crippen molar-refractivity contribution in [1.82, 2.24) is 4.90 Å². The Labute approximate surface area is 155 Å². The van der Waals surface area contributed by atoms with Crippen LogP contribution in [0.4, 0.5) is 5.69 Å². The molecular formula is C20H24N2O3S. The highest BCUT2D eigenvalue weighted by Gasteiger charge is 2.29. The molecule has 0 saturated carbocycles. The van der Waals surface area contributed by atoms with Crippen LogP contribution < -0.4 is 4.31 Å². The number of anilines is 1. The van der Waals surface area contributed by atoms with Crippen molar-refractivity contribution in [1.29, 1.82) is 0 Å². The third kappa shape index (κ3) is 4.07. The summed E-state index contributed by atoms with van der Waals surface area (Å²) in [6.07, 6.45) is 1.48. The van der Waals surface area contributed by atoms with E-state index in [-0.39, 0.29) is 11.7 Å². The molecule has 1 aliphatic heterocycles. The molecule has 0 spiro atoms. The molecule has 1 saturated heterocycles. The standard InChI is InChI=1S/C20H24N2O3S/c1-2-12-21(16-17-8-4-3-5-9-17)20(23)18-10-6-11-19(15-18)22-13-7-14-26(22,24)25/h3-6,8-11,15H,2,7,12-14,16H2,1H3. The van der Waals surface area contributed by atoms with Crippen molar-refractivity contribution in [3.63, 3.8) is 0 Å². The van der Waals surface area contributed by atoms with Crippen LogP contribution in [-0.4, -0.2) is 38.1 Å². The van der Waals surface area contributed by atoms with Crippen LogP contribution in [0.1, 0.15) is 35.7 Å². The molecule has 1 fully saturated rings. The highest BCUT2D eigenvalue weighted by molar-refractivity contribution is 7.93. The number of hydrogen-bond acceptors (Lipinski definition) is 3. The zero-order valence-electron chi connectivity index (χ0n) is 15.0. The summed E-state index contributed by atoms with van der Waals surface area (Å²) in [4.78, 5) is 14.8. The minimum absolute atomic E-state index is 0.0749. The van der Waals surface area contributed by atoms with Gasteiger partial charge in [-0.15, -0.1) is 0 Å². The van der Waals surface area contributed by atoms with Crippen molar-refractivity contribution in [2.24, 2.45) is 0 Å². The van der Waals surface area contributed by atoms with Gasteiger partial charge < -0.3 is 4.90 Å². The fraction of sp³-hybridized carbons (Fsp3) is 0.350. The lowest BCUT2D eigenvalue weighted by atomic mass is 10.1. The quantitative estimate of drug-likeness (QED) is 0.782. The lowest BCUT2D eigenvalue weighted by Crippen LogP contribution is -2.31. The van der Waals surface area contributed by atoms with E-state index in [4.69, 9.17) is 0 Å². The summed E-state index contributed by atoms with van der Waals surface area (Å²) in [5.41, 5.74) is 2.17. The molecule has 6 heteroatoms. The maximum absolute atomic E-state index is 13.0. The van der Waals surface area contributed by atoms with E-state index in [2.05, 4.69) is 0 Å². The highest BCUT2D eigenvalue weighted by Crippen LogP contribution is 2.25. The number of amides is 1. The van der Waals surface area contributed by atoms with Crippen LogP contribution in [0.25, 0.3) is 0 Å². The Hall–Kier alpha value is -2.34.